The van der Waals surface area contributed by atoms with Crippen LogP contribution < -0.4 is 5.73 Å². The van der Waals surface area contributed by atoms with Gasteiger partial charge in [0, 0.05) is 19.1 Å². The number of nitrogens with two attached hydrogens (primary N) is 1. The second-order valence-corrected chi connectivity index (χ2v) is 7.51. The zero-order valence-electron chi connectivity index (χ0n) is 14.2. The summed E-state index contributed by atoms with van der Waals surface area (Å²) in [6.07, 6.45) is 4.21. The third kappa shape index (κ3) is 4.08. The minimum absolute atomic E-state index is 0.215. The standard InChI is InChI=1S/C19H32N2/c1-5-21(14-15-7-6-8-15)18(13-20)16-9-11-17(12-10-16)19(2,3)4/h9-12,15,18H,5-8,13-14,20H2,1-4H3. The largest absolute Gasteiger partial charge is 0.329 e. The van der Waals surface area contributed by atoms with Gasteiger partial charge in [-0.2, -0.15) is 0 Å². The van der Waals surface area contributed by atoms with E-state index in [1.807, 2.05) is 0 Å². The first-order valence-corrected chi connectivity index (χ1v) is 8.50. The van der Waals surface area contributed by atoms with E-state index >= 15 is 0 Å². The highest BCUT2D eigenvalue weighted by Crippen LogP contribution is 2.31. The second-order valence-electron chi connectivity index (χ2n) is 7.51. The zero-order chi connectivity index (χ0) is 15.5. The van der Waals surface area contributed by atoms with Crippen LogP contribution in [-0.4, -0.2) is 24.5 Å². The minimum atomic E-state index is 0.215. The first-order valence-electron chi connectivity index (χ1n) is 8.50. The lowest BCUT2D eigenvalue weighted by molar-refractivity contribution is 0.141. The summed E-state index contributed by atoms with van der Waals surface area (Å²) >= 11 is 0. The maximum atomic E-state index is 6.10. The molecule has 2 heteroatoms. The lowest BCUT2D eigenvalue weighted by Gasteiger charge is -2.36. The molecule has 2 N–H and O–H groups in total. The lowest BCUT2D eigenvalue weighted by atomic mass is 9.84. The fourth-order valence-electron chi connectivity index (χ4n) is 3.18. The van der Waals surface area contributed by atoms with Gasteiger partial charge in [0.25, 0.3) is 0 Å². The van der Waals surface area contributed by atoms with Crippen molar-refractivity contribution in [1.82, 2.24) is 4.90 Å². The third-order valence-electron chi connectivity index (χ3n) is 4.95. The van der Waals surface area contributed by atoms with Gasteiger partial charge >= 0.3 is 0 Å². The predicted molar refractivity (Wildman–Crippen MR) is 91.5 cm³/mol. The molecule has 1 unspecified atom stereocenters. The monoisotopic (exact) mass is 288 g/mol. The Bertz CT molecular complexity index is 426. The Hall–Kier alpha value is -0.860. The van der Waals surface area contributed by atoms with Crippen LogP contribution in [0.3, 0.4) is 0 Å². The molecular formula is C19H32N2. The van der Waals surface area contributed by atoms with Crippen LogP contribution >= 0.6 is 0 Å². The summed E-state index contributed by atoms with van der Waals surface area (Å²) in [7, 11) is 0. The topological polar surface area (TPSA) is 29.3 Å². The van der Waals surface area contributed by atoms with Gasteiger partial charge in [-0.1, -0.05) is 58.4 Å². The van der Waals surface area contributed by atoms with Gasteiger partial charge in [-0.05, 0) is 41.8 Å². The van der Waals surface area contributed by atoms with Crippen molar-refractivity contribution in [3.63, 3.8) is 0 Å². The smallest absolute Gasteiger partial charge is 0.0470 e. The van der Waals surface area contributed by atoms with Crippen molar-refractivity contribution >= 4 is 0 Å². The van der Waals surface area contributed by atoms with Crippen molar-refractivity contribution in [2.45, 2.75) is 58.4 Å². The quantitative estimate of drug-likeness (QED) is 0.853. The summed E-state index contributed by atoms with van der Waals surface area (Å²) in [6.45, 7) is 12.0. The second kappa shape index (κ2) is 6.93. The van der Waals surface area contributed by atoms with Gasteiger partial charge in [0.05, 0.1) is 0 Å². The number of nitrogens with zero attached hydrogens (tertiary/aromatic N) is 1. The molecular weight excluding hydrogens is 256 g/mol. The molecule has 118 valence electrons. The van der Waals surface area contributed by atoms with Gasteiger partial charge in [0.1, 0.15) is 0 Å². The van der Waals surface area contributed by atoms with Crippen LogP contribution in [0.15, 0.2) is 24.3 Å². The molecule has 0 radical (unpaired) electrons. The van der Waals surface area contributed by atoms with Gasteiger partial charge in [-0.3, -0.25) is 4.90 Å². The molecule has 0 aromatic heterocycles. The van der Waals surface area contributed by atoms with Crippen LogP contribution in [0.25, 0.3) is 0 Å². The van der Waals surface area contributed by atoms with Crippen molar-refractivity contribution in [3.8, 4) is 0 Å². The van der Waals surface area contributed by atoms with E-state index in [1.54, 1.807) is 0 Å². The Morgan fingerprint density at radius 1 is 1.19 bits per heavy atom. The molecule has 1 aliphatic carbocycles. The molecule has 21 heavy (non-hydrogen) atoms. The minimum Gasteiger partial charge on any atom is -0.329 e. The molecule has 2 nitrogen and oxygen atoms in total. The normalized spacial score (nSPS) is 17.8. The average molecular weight is 288 g/mol. The van der Waals surface area contributed by atoms with Crippen LogP contribution in [0.4, 0.5) is 0 Å². The molecule has 0 amide bonds. The SMILES string of the molecule is CCN(CC1CCC1)C(CN)c1ccc(C(C)(C)C)cc1. The fourth-order valence-corrected chi connectivity index (χ4v) is 3.18. The van der Waals surface area contributed by atoms with Crippen LogP contribution in [0.1, 0.15) is 64.1 Å². The Labute approximate surface area is 130 Å². The zero-order valence-corrected chi connectivity index (χ0v) is 14.2. The van der Waals surface area contributed by atoms with Gasteiger partial charge in [0.15, 0.2) is 0 Å². The maximum Gasteiger partial charge on any atom is 0.0470 e. The van der Waals surface area contributed by atoms with Gasteiger partial charge in [-0.25, -0.2) is 0 Å². The van der Waals surface area contributed by atoms with E-state index in [4.69, 9.17) is 5.73 Å². The van der Waals surface area contributed by atoms with Crippen molar-refractivity contribution in [1.29, 1.82) is 0 Å². The summed E-state index contributed by atoms with van der Waals surface area (Å²) in [4.78, 5) is 2.57. The Morgan fingerprint density at radius 3 is 2.19 bits per heavy atom. The number of hydrogen-bond donors (Lipinski definition) is 1. The Morgan fingerprint density at radius 2 is 1.81 bits per heavy atom. The highest BCUT2D eigenvalue weighted by atomic mass is 15.2. The van der Waals surface area contributed by atoms with Gasteiger partial charge in [-0.15, -0.1) is 0 Å². The van der Waals surface area contributed by atoms with E-state index in [-0.39, 0.29) is 5.41 Å². The van der Waals surface area contributed by atoms with Crippen LogP contribution in [0.5, 0.6) is 0 Å². The summed E-state index contributed by atoms with van der Waals surface area (Å²) in [5, 5.41) is 0. The summed E-state index contributed by atoms with van der Waals surface area (Å²) in [5.41, 5.74) is 9.07. The van der Waals surface area contributed by atoms with Crippen LogP contribution in [-0.2, 0) is 5.41 Å². The van der Waals surface area contributed by atoms with E-state index in [1.165, 1.54) is 36.9 Å². The number of benzene rings is 1. The van der Waals surface area contributed by atoms with Crippen LogP contribution in [0.2, 0.25) is 0 Å². The van der Waals surface area contributed by atoms with Crippen molar-refractivity contribution in [2.24, 2.45) is 11.7 Å². The number of likely N-dealkylation sites (N-methyl/N-ethyl adjacent to an activating group) is 1. The highest BCUT2D eigenvalue weighted by molar-refractivity contribution is 5.29. The Kier molecular flexibility index (Phi) is 5.45. The van der Waals surface area contributed by atoms with Crippen molar-refractivity contribution in [2.75, 3.05) is 19.6 Å². The molecule has 0 aliphatic heterocycles. The molecule has 1 aromatic carbocycles. The predicted octanol–water partition coefficient (Wildman–Crippen LogP) is 4.11. The van der Waals surface area contributed by atoms with Gasteiger partial charge in [0.2, 0.25) is 0 Å². The summed E-state index contributed by atoms with van der Waals surface area (Å²) < 4.78 is 0. The van der Waals surface area contributed by atoms with E-state index in [0.717, 1.165) is 12.5 Å². The van der Waals surface area contributed by atoms with Crippen LogP contribution in [0, 0.1) is 5.92 Å². The molecule has 1 aliphatic rings. The third-order valence-corrected chi connectivity index (χ3v) is 4.95. The molecule has 0 spiro atoms. The molecule has 1 fully saturated rings. The average Bonchev–Trinajstić information content (AvgIpc) is 2.40. The summed E-state index contributed by atoms with van der Waals surface area (Å²) in [5.74, 6) is 0.896. The first-order chi connectivity index (χ1) is 9.95. The molecule has 1 aromatic rings. The van der Waals surface area contributed by atoms with Crippen molar-refractivity contribution < 1.29 is 0 Å². The number of hydrogen-bond acceptors (Lipinski definition) is 2. The molecule has 0 heterocycles. The van der Waals surface area contributed by atoms with E-state index in [9.17, 15) is 0 Å². The highest BCUT2D eigenvalue weighted by Gasteiger charge is 2.25. The van der Waals surface area contributed by atoms with E-state index in [2.05, 4.69) is 56.9 Å². The van der Waals surface area contributed by atoms with Gasteiger partial charge < -0.3 is 5.73 Å². The van der Waals surface area contributed by atoms with Crippen molar-refractivity contribution in [3.05, 3.63) is 35.4 Å². The first kappa shape index (κ1) is 16.5. The number of rotatable bonds is 6. The van der Waals surface area contributed by atoms with E-state index < -0.39 is 0 Å². The summed E-state index contributed by atoms with van der Waals surface area (Å²) in [6, 6.07) is 9.47. The molecule has 0 bridgehead atoms. The lowest BCUT2D eigenvalue weighted by Crippen LogP contribution is -2.38. The molecule has 1 atom stereocenters. The maximum absolute atomic E-state index is 6.10. The molecule has 2 rings (SSSR count). The Balaban J connectivity index is 2.11. The molecule has 0 saturated heterocycles. The van der Waals surface area contributed by atoms with E-state index in [0.29, 0.717) is 12.6 Å². The fraction of sp³-hybridized carbons (Fsp3) is 0.684. The molecule has 1 saturated carbocycles.